The Bertz CT molecular complexity index is 521. The molecular weight excluding hydrogens is 300 g/mol. The Labute approximate surface area is 135 Å². The van der Waals surface area contributed by atoms with Crippen LogP contribution in [0.3, 0.4) is 0 Å². The van der Waals surface area contributed by atoms with E-state index in [0.717, 1.165) is 17.8 Å². The maximum atomic E-state index is 12.3. The molecule has 2 heterocycles. The molecule has 1 N–H and O–H groups in total. The molecular formula is C15H24N4O2S. The Hall–Kier alpha value is -1.50. The molecule has 7 heteroatoms. The number of hydrogen-bond donors (Lipinski definition) is 1. The molecule has 6 nitrogen and oxygen atoms in total. The van der Waals surface area contributed by atoms with Gasteiger partial charge in [0.25, 0.3) is 0 Å². The second kappa shape index (κ2) is 7.67. The summed E-state index contributed by atoms with van der Waals surface area (Å²) in [6, 6.07) is 0. The predicted molar refractivity (Wildman–Crippen MR) is 86.7 cm³/mol. The highest BCUT2D eigenvalue weighted by Crippen LogP contribution is 2.22. The van der Waals surface area contributed by atoms with E-state index in [-0.39, 0.29) is 23.7 Å². The maximum absolute atomic E-state index is 12.3. The van der Waals surface area contributed by atoms with Gasteiger partial charge in [0.1, 0.15) is 5.01 Å². The summed E-state index contributed by atoms with van der Waals surface area (Å²) in [5.74, 6) is 0.140. The van der Waals surface area contributed by atoms with Crippen LogP contribution in [0, 0.1) is 11.8 Å². The average Bonchev–Trinajstić information content (AvgIpc) is 2.94. The van der Waals surface area contributed by atoms with E-state index in [9.17, 15) is 9.59 Å². The van der Waals surface area contributed by atoms with Crippen molar-refractivity contribution in [3.05, 3.63) is 5.01 Å². The van der Waals surface area contributed by atoms with E-state index in [2.05, 4.69) is 22.4 Å². The molecule has 0 atom stereocenters. The normalized spacial score (nSPS) is 16.1. The number of likely N-dealkylation sites (tertiary alicyclic amines) is 1. The van der Waals surface area contributed by atoms with Crippen molar-refractivity contribution in [2.24, 2.45) is 11.8 Å². The summed E-state index contributed by atoms with van der Waals surface area (Å²) in [4.78, 5) is 26.1. The number of aryl methyl sites for hydroxylation is 1. The van der Waals surface area contributed by atoms with Crippen molar-refractivity contribution in [2.45, 2.75) is 46.5 Å². The van der Waals surface area contributed by atoms with Crippen molar-refractivity contribution < 1.29 is 9.59 Å². The summed E-state index contributed by atoms with van der Waals surface area (Å²) in [6.45, 7) is 7.22. The molecule has 1 fully saturated rings. The molecule has 22 heavy (non-hydrogen) atoms. The largest absolute Gasteiger partial charge is 0.342 e. The first-order chi connectivity index (χ1) is 10.5. The minimum absolute atomic E-state index is 0.00385. The Morgan fingerprint density at radius 3 is 2.59 bits per heavy atom. The molecule has 1 aromatic heterocycles. The Kier molecular flexibility index (Phi) is 5.88. The topological polar surface area (TPSA) is 75.2 Å². The first kappa shape index (κ1) is 16.9. The summed E-state index contributed by atoms with van der Waals surface area (Å²) >= 11 is 1.44. The first-order valence-electron chi connectivity index (χ1n) is 7.93. The number of amides is 2. The quantitative estimate of drug-likeness (QED) is 0.902. The second-order valence-electron chi connectivity index (χ2n) is 5.99. The molecule has 2 amide bonds. The van der Waals surface area contributed by atoms with Crippen LogP contribution in [0.4, 0.5) is 5.13 Å². The lowest BCUT2D eigenvalue weighted by molar-refractivity contribution is -0.137. The zero-order valence-corrected chi connectivity index (χ0v) is 14.3. The molecule has 1 aliphatic rings. The van der Waals surface area contributed by atoms with E-state index in [0.29, 0.717) is 31.1 Å². The average molecular weight is 324 g/mol. The van der Waals surface area contributed by atoms with Gasteiger partial charge in [0.15, 0.2) is 0 Å². The molecule has 0 aromatic carbocycles. The van der Waals surface area contributed by atoms with Gasteiger partial charge >= 0.3 is 0 Å². The molecule has 2 rings (SSSR count). The van der Waals surface area contributed by atoms with Crippen LogP contribution in [0.15, 0.2) is 0 Å². The van der Waals surface area contributed by atoms with Crippen molar-refractivity contribution in [3.8, 4) is 0 Å². The van der Waals surface area contributed by atoms with Gasteiger partial charge in [-0.2, -0.15) is 0 Å². The van der Waals surface area contributed by atoms with E-state index >= 15 is 0 Å². The summed E-state index contributed by atoms with van der Waals surface area (Å²) in [5.41, 5.74) is 0. The molecule has 1 saturated heterocycles. The van der Waals surface area contributed by atoms with E-state index in [1.807, 2.05) is 18.7 Å². The fraction of sp³-hybridized carbons (Fsp3) is 0.733. The zero-order chi connectivity index (χ0) is 16.1. The van der Waals surface area contributed by atoms with Crippen LogP contribution in [0.5, 0.6) is 0 Å². The highest BCUT2D eigenvalue weighted by Gasteiger charge is 2.28. The summed E-state index contributed by atoms with van der Waals surface area (Å²) in [5, 5.41) is 12.5. The minimum atomic E-state index is -0.0465. The van der Waals surface area contributed by atoms with E-state index in [1.165, 1.54) is 11.3 Å². The van der Waals surface area contributed by atoms with Gasteiger partial charge in [-0.1, -0.05) is 32.1 Å². The Morgan fingerprint density at radius 2 is 2.00 bits per heavy atom. The molecule has 0 radical (unpaired) electrons. The summed E-state index contributed by atoms with van der Waals surface area (Å²) in [7, 11) is 0. The minimum Gasteiger partial charge on any atom is -0.342 e. The maximum Gasteiger partial charge on any atom is 0.229 e. The number of nitrogens with one attached hydrogen (secondary N) is 1. The Balaban J connectivity index is 1.83. The standard InChI is InChI=1S/C15H24N4O2S/c1-4-5-12-17-18-15(22-12)16-13(20)11-6-8-19(9-7-11)14(21)10(2)3/h10-11H,4-9H2,1-3H3,(H,16,18,20). The lowest BCUT2D eigenvalue weighted by Crippen LogP contribution is -2.43. The fourth-order valence-electron chi connectivity index (χ4n) is 2.55. The smallest absolute Gasteiger partial charge is 0.229 e. The van der Waals surface area contributed by atoms with Gasteiger partial charge in [0, 0.05) is 31.3 Å². The highest BCUT2D eigenvalue weighted by atomic mass is 32.1. The van der Waals surface area contributed by atoms with Gasteiger partial charge in [0.05, 0.1) is 0 Å². The van der Waals surface area contributed by atoms with Gasteiger partial charge in [-0.05, 0) is 19.3 Å². The van der Waals surface area contributed by atoms with Gasteiger partial charge in [-0.3, -0.25) is 9.59 Å². The van der Waals surface area contributed by atoms with Crippen LogP contribution >= 0.6 is 11.3 Å². The Morgan fingerprint density at radius 1 is 1.32 bits per heavy atom. The van der Waals surface area contributed by atoms with Crippen LogP contribution in [0.1, 0.15) is 45.0 Å². The first-order valence-corrected chi connectivity index (χ1v) is 8.75. The van der Waals surface area contributed by atoms with Gasteiger partial charge in [-0.25, -0.2) is 0 Å². The van der Waals surface area contributed by atoms with Crippen molar-refractivity contribution in [1.82, 2.24) is 15.1 Å². The van der Waals surface area contributed by atoms with Crippen LogP contribution in [-0.4, -0.2) is 40.0 Å². The van der Waals surface area contributed by atoms with Crippen molar-refractivity contribution in [3.63, 3.8) is 0 Å². The van der Waals surface area contributed by atoms with Crippen LogP contribution in [0.2, 0.25) is 0 Å². The van der Waals surface area contributed by atoms with Crippen molar-refractivity contribution in [1.29, 1.82) is 0 Å². The number of piperidine rings is 1. The van der Waals surface area contributed by atoms with Crippen LogP contribution < -0.4 is 5.32 Å². The summed E-state index contributed by atoms with van der Waals surface area (Å²) in [6.07, 6.45) is 3.34. The molecule has 1 aromatic rings. The summed E-state index contributed by atoms with van der Waals surface area (Å²) < 4.78 is 0. The lowest BCUT2D eigenvalue weighted by Gasteiger charge is -2.32. The SMILES string of the molecule is CCCc1nnc(NC(=O)C2CCN(C(=O)C(C)C)CC2)s1. The number of carbonyl (C=O) groups excluding carboxylic acids is 2. The number of anilines is 1. The molecule has 0 saturated carbocycles. The zero-order valence-electron chi connectivity index (χ0n) is 13.5. The molecule has 0 aliphatic carbocycles. The van der Waals surface area contributed by atoms with Gasteiger partial charge in [0.2, 0.25) is 16.9 Å². The molecule has 0 bridgehead atoms. The fourth-order valence-corrected chi connectivity index (χ4v) is 3.40. The third-order valence-electron chi connectivity index (χ3n) is 3.83. The molecule has 122 valence electrons. The molecule has 0 spiro atoms. The second-order valence-corrected chi connectivity index (χ2v) is 7.06. The third kappa shape index (κ3) is 4.25. The number of hydrogen-bond acceptors (Lipinski definition) is 5. The number of carbonyl (C=O) groups is 2. The number of aromatic nitrogens is 2. The van der Waals surface area contributed by atoms with Gasteiger partial charge < -0.3 is 10.2 Å². The van der Waals surface area contributed by atoms with Crippen LogP contribution in [-0.2, 0) is 16.0 Å². The number of rotatable bonds is 5. The van der Waals surface area contributed by atoms with Crippen LogP contribution in [0.25, 0.3) is 0 Å². The highest BCUT2D eigenvalue weighted by molar-refractivity contribution is 7.15. The van der Waals surface area contributed by atoms with E-state index in [1.54, 1.807) is 0 Å². The van der Waals surface area contributed by atoms with Crippen molar-refractivity contribution in [2.75, 3.05) is 18.4 Å². The molecule has 0 unspecified atom stereocenters. The van der Waals surface area contributed by atoms with Crippen molar-refractivity contribution >= 4 is 28.3 Å². The number of nitrogens with zero attached hydrogens (tertiary/aromatic N) is 3. The lowest BCUT2D eigenvalue weighted by atomic mass is 9.95. The predicted octanol–water partition coefficient (Wildman–Crippen LogP) is 2.32. The van der Waals surface area contributed by atoms with E-state index in [4.69, 9.17) is 0 Å². The third-order valence-corrected chi connectivity index (χ3v) is 4.73. The van der Waals surface area contributed by atoms with Gasteiger partial charge in [-0.15, -0.1) is 10.2 Å². The van der Waals surface area contributed by atoms with E-state index < -0.39 is 0 Å². The molecule has 1 aliphatic heterocycles. The monoisotopic (exact) mass is 324 g/mol.